The fourth-order valence-electron chi connectivity index (χ4n) is 3.93. The molecule has 2 aliphatic rings. The molecule has 2 aromatic rings. The molecule has 1 N–H and O–H groups in total. The third kappa shape index (κ3) is 3.60. The summed E-state index contributed by atoms with van der Waals surface area (Å²) >= 11 is 1.42. The third-order valence-electron chi connectivity index (χ3n) is 5.42. The van der Waals surface area contributed by atoms with E-state index in [1.807, 2.05) is 5.38 Å². The molecule has 1 aliphatic carbocycles. The van der Waals surface area contributed by atoms with Gasteiger partial charge in [-0.2, -0.15) is 0 Å². The first-order valence-electron chi connectivity index (χ1n) is 9.42. The smallest absolute Gasteiger partial charge is 0.323 e. The minimum Gasteiger partial charge on any atom is -0.323 e. The van der Waals surface area contributed by atoms with E-state index in [1.54, 1.807) is 12.1 Å². The van der Waals surface area contributed by atoms with Crippen molar-refractivity contribution >= 4 is 23.3 Å². The van der Waals surface area contributed by atoms with Crippen molar-refractivity contribution in [2.24, 2.45) is 0 Å². The quantitative estimate of drug-likeness (QED) is 0.790. The summed E-state index contributed by atoms with van der Waals surface area (Å²) in [5, 5.41) is 5.57. The van der Waals surface area contributed by atoms with Crippen molar-refractivity contribution in [1.82, 2.24) is 15.2 Å². The van der Waals surface area contributed by atoms with Crippen LogP contribution >= 0.6 is 11.3 Å². The Hall–Kier alpha value is -2.28. The maximum absolute atomic E-state index is 13.1. The van der Waals surface area contributed by atoms with E-state index in [2.05, 4.69) is 10.3 Å². The van der Waals surface area contributed by atoms with Crippen molar-refractivity contribution < 1.29 is 14.0 Å². The molecule has 1 spiro atoms. The van der Waals surface area contributed by atoms with Gasteiger partial charge in [-0.1, -0.05) is 32.1 Å². The molecule has 0 radical (unpaired) electrons. The lowest BCUT2D eigenvalue weighted by molar-refractivity contribution is -0.132. The number of benzene rings is 1. The molecular formula is C20H22FN3O2S. The lowest BCUT2D eigenvalue weighted by Crippen LogP contribution is -2.47. The summed E-state index contributed by atoms with van der Waals surface area (Å²) in [7, 11) is 0. The van der Waals surface area contributed by atoms with Gasteiger partial charge in [0.15, 0.2) is 0 Å². The largest absolute Gasteiger partial charge is 0.325 e. The molecule has 0 bridgehead atoms. The first-order valence-corrected chi connectivity index (χ1v) is 10.3. The minimum atomic E-state index is -0.729. The third-order valence-corrected chi connectivity index (χ3v) is 6.36. The summed E-state index contributed by atoms with van der Waals surface area (Å²) in [5.41, 5.74) is 0.764. The normalized spacial score (nSPS) is 19.8. The van der Waals surface area contributed by atoms with Crippen LogP contribution in [0.3, 0.4) is 0 Å². The van der Waals surface area contributed by atoms with Crippen molar-refractivity contribution in [3.8, 4) is 10.6 Å². The minimum absolute atomic E-state index is 0.120. The van der Waals surface area contributed by atoms with Crippen LogP contribution in [0.1, 0.15) is 50.6 Å². The van der Waals surface area contributed by atoms with Gasteiger partial charge in [0.2, 0.25) is 0 Å². The van der Waals surface area contributed by atoms with Crippen LogP contribution in [-0.4, -0.2) is 27.4 Å². The molecule has 1 aromatic carbocycles. The van der Waals surface area contributed by atoms with E-state index in [0.29, 0.717) is 18.5 Å². The fraction of sp³-hybridized carbons (Fsp3) is 0.450. The van der Waals surface area contributed by atoms with Gasteiger partial charge in [-0.3, -0.25) is 9.69 Å². The number of hydrogen-bond acceptors (Lipinski definition) is 4. The molecule has 1 aliphatic heterocycles. The Labute approximate surface area is 161 Å². The van der Waals surface area contributed by atoms with Crippen LogP contribution in [0.2, 0.25) is 0 Å². The van der Waals surface area contributed by atoms with Gasteiger partial charge < -0.3 is 5.32 Å². The molecule has 1 saturated carbocycles. The monoisotopic (exact) mass is 387 g/mol. The average Bonchev–Trinajstić information content (AvgIpc) is 3.18. The number of nitrogens with one attached hydrogen (secondary N) is 1. The van der Waals surface area contributed by atoms with Gasteiger partial charge in [-0.25, -0.2) is 14.2 Å². The summed E-state index contributed by atoms with van der Waals surface area (Å²) in [6.07, 6.45) is 6.78. The molecule has 0 atom stereocenters. The first kappa shape index (κ1) is 18.1. The molecule has 1 aromatic heterocycles. The zero-order chi connectivity index (χ0) is 18.9. The van der Waals surface area contributed by atoms with Gasteiger partial charge in [0, 0.05) is 10.9 Å². The summed E-state index contributed by atoms with van der Waals surface area (Å²) in [6.45, 7) is 0.171. The summed E-state index contributed by atoms with van der Waals surface area (Å²) in [4.78, 5) is 31.4. The second-order valence-corrected chi connectivity index (χ2v) is 8.18. The number of amides is 3. The Morgan fingerprint density at radius 1 is 1.07 bits per heavy atom. The van der Waals surface area contributed by atoms with Crippen LogP contribution in [0.4, 0.5) is 9.18 Å². The van der Waals surface area contributed by atoms with Gasteiger partial charge >= 0.3 is 6.03 Å². The van der Waals surface area contributed by atoms with Crippen LogP contribution in [0.15, 0.2) is 29.6 Å². The summed E-state index contributed by atoms with van der Waals surface area (Å²) in [5.74, 6) is -0.412. The highest BCUT2D eigenvalue weighted by Crippen LogP contribution is 2.33. The van der Waals surface area contributed by atoms with Crippen molar-refractivity contribution in [3.05, 3.63) is 41.2 Å². The van der Waals surface area contributed by atoms with Gasteiger partial charge in [0.1, 0.15) is 16.4 Å². The molecule has 5 nitrogen and oxygen atoms in total. The number of hydrogen-bond donors (Lipinski definition) is 1. The maximum atomic E-state index is 13.1. The predicted molar refractivity (Wildman–Crippen MR) is 102 cm³/mol. The van der Waals surface area contributed by atoms with E-state index in [4.69, 9.17) is 0 Å². The van der Waals surface area contributed by atoms with E-state index in [9.17, 15) is 14.0 Å². The number of thiazole rings is 1. The number of halogens is 1. The number of imide groups is 1. The van der Waals surface area contributed by atoms with Crippen molar-refractivity contribution in [3.63, 3.8) is 0 Å². The Balaban J connectivity index is 1.50. The van der Waals surface area contributed by atoms with Crippen LogP contribution in [0.25, 0.3) is 10.6 Å². The Bertz CT molecular complexity index is 841. The number of aromatic nitrogens is 1. The molecule has 1 saturated heterocycles. The SMILES string of the molecule is O=C1NC2(CCCCCCC2)C(=O)N1Cc1csc(-c2ccc(F)cc2)n1. The fourth-order valence-corrected chi connectivity index (χ4v) is 4.75. The van der Waals surface area contributed by atoms with Gasteiger partial charge in [0.05, 0.1) is 12.2 Å². The van der Waals surface area contributed by atoms with E-state index >= 15 is 0 Å². The number of urea groups is 1. The van der Waals surface area contributed by atoms with Crippen LogP contribution in [0, 0.1) is 5.82 Å². The van der Waals surface area contributed by atoms with E-state index in [1.165, 1.54) is 34.8 Å². The lowest BCUT2D eigenvalue weighted by atomic mass is 9.84. The first-order chi connectivity index (χ1) is 13.1. The van der Waals surface area contributed by atoms with Crippen LogP contribution in [0.5, 0.6) is 0 Å². The lowest BCUT2D eigenvalue weighted by Gasteiger charge is -2.28. The highest BCUT2D eigenvalue weighted by atomic mass is 32.1. The van der Waals surface area contributed by atoms with Crippen LogP contribution in [-0.2, 0) is 11.3 Å². The van der Waals surface area contributed by atoms with Gasteiger partial charge in [0.25, 0.3) is 5.91 Å². The zero-order valence-corrected chi connectivity index (χ0v) is 15.9. The van der Waals surface area contributed by atoms with Gasteiger partial charge in [-0.15, -0.1) is 11.3 Å². The van der Waals surface area contributed by atoms with Crippen molar-refractivity contribution in [2.45, 2.75) is 57.0 Å². The molecule has 4 rings (SSSR count). The molecule has 7 heteroatoms. The molecule has 142 valence electrons. The number of carbonyl (C=O) groups excluding carboxylic acids is 2. The number of rotatable bonds is 3. The zero-order valence-electron chi connectivity index (χ0n) is 15.0. The summed E-state index contributed by atoms with van der Waals surface area (Å²) in [6, 6.07) is 5.82. The molecule has 0 unspecified atom stereocenters. The van der Waals surface area contributed by atoms with Gasteiger partial charge in [-0.05, 0) is 37.1 Å². The standard InChI is InChI=1S/C20H22FN3O2S/c21-15-8-6-14(7-9-15)17-22-16(13-27-17)12-24-18(25)20(23-19(24)26)10-4-2-1-3-5-11-20/h6-9,13H,1-5,10-12H2,(H,23,26). The molecule has 27 heavy (non-hydrogen) atoms. The number of nitrogens with zero attached hydrogens (tertiary/aromatic N) is 2. The second kappa shape index (κ2) is 7.38. The summed E-state index contributed by atoms with van der Waals surface area (Å²) < 4.78 is 13.1. The highest BCUT2D eigenvalue weighted by molar-refractivity contribution is 7.13. The average molecular weight is 387 g/mol. The molecule has 2 heterocycles. The Morgan fingerprint density at radius 2 is 1.74 bits per heavy atom. The molecular weight excluding hydrogens is 365 g/mol. The Kier molecular flexibility index (Phi) is 4.95. The highest BCUT2D eigenvalue weighted by Gasteiger charge is 2.50. The maximum Gasteiger partial charge on any atom is 0.325 e. The molecule has 3 amide bonds. The van der Waals surface area contributed by atoms with E-state index in [0.717, 1.165) is 36.3 Å². The van der Waals surface area contributed by atoms with Crippen molar-refractivity contribution in [1.29, 1.82) is 0 Å². The van der Waals surface area contributed by atoms with Crippen LogP contribution < -0.4 is 5.32 Å². The van der Waals surface area contributed by atoms with Crippen molar-refractivity contribution in [2.75, 3.05) is 0 Å². The van der Waals surface area contributed by atoms with E-state index in [-0.39, 0.29) is 24.3 Å². The Morgan fingerprint density at radius 3 is 2.44 bits per heavy atom. The molecule has 2 fully saturated rings. The topological polar surface area (TPSA) is 62.3 Å². The predicted octanol–water partition coefficient (Wildman–Crippen LogP) is 4.48. The second-order valence-electron chi connectivity index (χ2n) is 7.32. The van der Waals surface area contributed by atoms with E-state index < -0.39 is 5.54 Å². The number of carbonyl (C=O) groups is 2.